The summed E-state index contributed by atoms with van der Waals surface area (Å²) in [5, 5.41) is 0. The zero-order valence-electron chi connectivity index (χ0n) is 14.4. The van der Waals surface area contributed by atoms with Gasteiger partial charge in [-0.1, -0.05) is 87.8 Å². The maximum atomic E-state index is 5.86. The van der Waals surface area contributed by atoms with Crippen LogP contribution in [0.15, 0.2) is 24.3 Å². The first kappa shape index (κ1) is 22.8. The predicted octanol–water partition coefficient (Wildman–Crippen LogP) is 6.54. The van der Waals surface area contributed by atoms with Gasteiger partial charge in [-0.05, 0) is 37.6 Å². The number of alkyl halides is 6. The fourth-order valence-corrected chi connectivity index (χ4v) is 2.78. The molecule has 0 N–H and O–H groups in total. The predicted molar refractivity (Wildman–Crippen MR) is 117 cm³/mol. The summed E-state index contributed by atoms with van der Waals surface area (Å²) in [5.74, 6) is -0.0406. The molecule has 0 spiro atoms. The lowest BCUT2D eigenvalue weighted by atomic mass is 10.2. The van der Waals surface area contributed by atoms with Crippen molar-refractivity contribution in [2.75, 3.05) is 18.0 Å². The van der Waals surface area contributed by atoms with Crippen LogP contribution in [0.1, 0.15) is 36.9 Å². The Morgan fingerprint density at radius 2 is 1.26 bits per heavy atom. The zero-order chi connectivity index (χ0) is 20.2. The van der Waals surface area contributed by atoms with Gasteiger partial charge in [0.15, 0.2) is 17.5 Å². The van der Waals surface area contributed by atoms with Gasteiger partial charge in [0.25, 0.3) is 0 Å². The fraction of sp³-hybridized carbons (Fsp3) is 0.353. The molecule has 0 aliphatic heterocycles. The Hall–Kier alpha value is -0.490. The second-order valence-corrected chi connectivity index (χ2v) is 10.00. The molecule has 146 valence electrons. The summed E-state index contributed by atoms with van der Waals surface area (Å²) in [6.07, 6.45) is 3.44. The van der Waals surface area contributed by atoms with Crippen molar-refractivity contribution < 1.29 is 0 Å². The van der Waals surface area contributed by atoms with E-state index in [1.165, 1.54) is 0 Å². The van der Waals surface area contributed by atoms with Gasteiger partial charge in [0.1, 0.15) is 0 Å². The van der Waals surface area contributed by atoms with Crippen molar-refractivity contribution in [3.8, 4) is 0 Å². The highest BCUT2D eigenvalue weighted by Crippen LogP contribution is 2.40. The second kappa shape index (κ2) is 9.34. The molecular formula is C17H16Cl6N4. The van der Waals surface area contributed by atoms with Crippen molar-refractivity contribution in [1.82, 2.24) is 15.0 Å². The molecule has 0 aliphatic rings. The van der Waals surface area contributed by atoms with Crippen LogP contribution < -0.4 is 4.90 Å². The van der Waals surface area contributed by atoms with Crippen molar-refractivity contribution in [1.29, 1.82) is 0 Å². The van der Waals surface area contributed by atoms with Crippen LogP contribution in [0, 0.1) is 0 Å². The summed E-state index contributed by atoms with van der Waals surface area (Å²) < 4.78 is -3.75. The third-order valence-corrected chi connectivity index (χ3v) is 4.62. The maximum absolute atomic E-state index is 5.86. The molecular weight excluding hydrogens is 473 g/mol. The van der Waals surface area contributed by atoms with Gasteiger partial charge >= 0.3 is 0 Å². The molecule has 0 saturated carbocycles. The molecule has 1 aromatic carbocycles. The largest absolute Gasteiger partial charge is 0.372 e. The molecule has 0 atom stereocenters. The number of halogens is 6. The highest BCUT2D eigenvalue weighted by Gasteiger charge is 2.33. The Labute approximate surface area is 188 Å². The van der Waals surface area contributed by atoms with Crippen LogP contribution in [0.4, 0.5) is 5.69 Å². The molecule has 0 aliphatic carbocycles. The first-order chi connectivity index (χ1) is 12.5. The van der Waals surface area contributed by atoms with Gasteiger partial charge in [0.2, 0.25) is 7.59 Å². The minimum absolute atomic E-state index is 0.125. The lowest BCUT2D eigenvalue weighted by Gasteiger charge is -2.20. The van der Waals surface area contributed by atoms with Gasteiger partial charge in [0.05, 0.1) is 0 Å². The van der Waals surface area contributed by atoms with Crippen LogP contribution in [0.5, 0.6) is 0 Å². The Kier molecular flexibility index (Phi) is 7.88. The number of hydrogen-bond donors (Lipinski definition) is 0. The molecule has 0 fully saturated rings. The monoisotopic (exact) mass is 486 g/mol. The smallest absolute Gasteiger partial charge is 0.250 e. The number of benzene rings is 1. The van der Waals surface area contributed by atoms with E-state index in [0.29, 0.717) is 0 Å². The van der Waals surface area contributed by atoms with Gasteiger partial charge < -0.3 is 4.90 Å². The van der Waals surface area contributed by atoms with Crippen LogP contribution in [0.2, 0.25) is 0 Å². The van der Waals surface area contributed by atoms with Crippen LogP contribution in [-0.2, 0) is 7.59 Å². The molecule has 0 radical (unpaired) electrons. The molecule has 1 aromatic heterocycles. The van der Waals surface area contributed by atoms with Crippen LogP contribution in [0.25, 0.3) is 12.2 Å². The first-order valence-corrected chi connectivity index (χ1v) is 10.2. The van der Waals surface area contributed by atoms with E-state index in [0.717, 1.165) is 24.3 Å². The molecule has 2 rings (SSSR count). The second-order valence-electron chi connectivity index (χ2n) is 5.43. The van der Waals surface area contributed by atoms with E-state index in [1.54, 1.807) is 6.08 Å². The summed E-state index contributed by atoms with van der Waals surface area (Å²) in [6, 6.07) is 8.05. The molecule has 0 bridgehead atoms. The molecule has 10 heteroatoms. The highest BCUT2D eigenvalue weighted by molar-refractivity contribution is 6.67. The van der Waals surface area contributed by atoms with E-state index in [1.807, 2.05) is 30.3 Å². The summed E-state index contributed by atoms with van der Waals surface area (Å²) >= 11 is 35.2. The third-order valence-electron chi connectivity index (χ3n) is 3.61. The van der Waals surface area contributed by atoms with E-state index >= 15 is 0 Å². The van der Waals surface area contributed by atoms with Crippen LogP contribution >= 0.6 is 69.6 Å². The Balaban J connectivity index is 2.33. The van der Waals surface area contributed by atoms with E-state index in [-0.39, 0.29) is 17.5 Å². The quantitative estimate of drug-likeness (QED) is 0.448. The van der Waals surface area contributed by atoms with Gasteiger partial charge in [-0.2, -0.15) is 0 Å². The molecule has 0 saturated heterocycles. The van der Waals surface area contributed by atoms with E-state index in [4.69, 9.17) is 69.6 Å². The average molecular weight is 489 g/mol. The molecule has 1 heterocycles. The van der Waals surface area contributed by atoms with Crippen molar-refractivity contribution in [3.63, 3.8) is 0 Å². The summed E-state index contributed by atoms with van der Waals surface area (Å²) in [5.41, 5.74) is 2.09. The maximum Gasteiger partial charge on any atom is 0.250 e. The van der Waals surface area contributed by atoms with Crippen molar-refractivity contribution in [2.45, 2.75) is 21.4 Å². The number of aromatic nitrogens is 3. The summed E-state index contributed by atoms with van der Waals surface area (Å²) in [4.78, 5) is 14.4. The summed E-state index contributed by atoms with van der Waals surface area (Å²) in [7, 11) is 0. The van der Waals surface area contributed by atoms with E-state index < -0.39 is 7.59 Å². The number of nitrogens with zero attached hydrogens (tertiary/aromatic N) is 4. The molecule has 2 aromatic rings. The van der Waals surface area contributed by atoms with Crippen molar-refractivity contribution in [3.05, 3.63) is 47.3 Å². The lowest BCUT2D eigenvalue weighted by molar-refractivity contribution is 0.835. The van der Waals surface area contributed by atoms with Gasteiger partial charge in [-0.15, -0.1) is 0 Å². The van der Waals surface area contributed by atoms with E-state index in [2.05, 4.69) is 33.7 Å². The fourth-order valence-electron chi connectivity index (χ4n) is 2.28. The Morgan fingerprint density at radius 3 is 1.67 bits per heavy atom. The summed E-state index contributed by atoms with van der Waals surface area (Å²) in [6.45, 7) is 6.11. The Bertz CT molecular complexity index is 760. The SMILES string of the molecule is CCN(CC)c1ccc(C=Cc2nc(C(Cl)(Cl)Cl)nc(C(Cl)(Cl)Cl)n2)cc1. The van der Waals surface area contributed by atoms with Crippen molar-refractivity contribution >= 4 is 87.4 Å². The standard InChI is InChI=1S/C17H16Cl6N4/c1-3-27(4-2)12-8-5-11(6-9-12)7-10-13-24-14(16(18,19)20)26-15(25-13)17(21,22)23/h5-10H,3-4H2,1-2H3. The number of anilines is 1. The van der Waals surface area contributed by atoms with Crippen LogP contribution in [-0.4, -0.2) is 28.0 Å². The van der Waals surface area contributed by atoms with Crippen LogP contribution in [0.3, 0.4) is 0 Å². The average Bonchev–Trinajstić information content (AvgIpc) is 2.60. The molecule has 4 nitrogen and oxygen atoms in total. The zero-order valence-corrected chi connectivity index (χ0v) is 19.0. The Morgan fingerprint density at radius 1 is 0.778 bits per heavy atom. The lowest BCUT2D eigenvalue weighted by Crippen LogP contribution is -2.21. The minimum Gasteiger partial charge on any atom is -0.372 e. The number of hydrogen-bond acceptors (Lipinski definition) is 4. The minimum atomic E-state index is -1.87. The van der Waals surface area contributed by atoms with Gasteiger partial charge in [-0.3, -0.25) is 0 Å². The topological polar surface area (TPSA) is 41.9 Å². The molecule has 0 amide bonds. The first-order valence-electron chi connectivity index (χ1n) is 7.98. The number of rotatable bonds is 5. The molecule has 27 heavy (non-hydrogen) atoms. The highest BCUT2D eigenvalue weighted by atomic mass is 35.6. The van der Waals surface area contributed by atoms with E-state index in [9.17, 15) is 0 Å². The van der Waals surface area contributed by atoms with Crippen molar-refractivity contribution in [2.24, 2.45) is 0 Å². The van der Waals surface area contributed by atoms with Gasteiger partial charge in [0, 0.05) is 18.8 Å². The van der Waals surface area contributed by atoms with Gasteiger partial charge in [-0.25, -0.2) is 15.0 Å². The normalized spacial score (nSPS) is 12.6. The third kappa shape index (κ3) is 6.52. The molecule has 0 unspecified atom stereocenters.